The average Bonchev–Trinajstić information content (AvgIpc) is 2.10. The highest BCUT2D eigenvalue weighted by atomic mass is 16.4. The van der Waals surface area contributed by atoms with Crippen LogP contribution in [0.2, 0.25) is 0 Å². The number of carboxylic acid groups (broad SMARTS) is 2. The molecule has 0 radical (unpaired) electrons. The maximum Gasteiger partial charge on any atom is 0.320 e. The van der Waals surface area contributed by atoms with E-state index in [1.54, 1.807) is 0 Å². The number of rotatable bonds is 7. The second kappa shape index (κ2) is 6.33. The van der Waals surface area contributed by atoms with Gasteiger partial charge in [0, 0.05) is 0 Å². The van der Waals surface area contributed by atoms with E-state index in [0.29, 0.717) is 19.4 Å². The van der Waals surface area contributed by atoms with Gasteiger partial charge in [0.25, 0.3) is 0 Å². The van der Waals surface area contributed by atoms with Gasteiger partial charge in [0.05, 0.1) is 5.92 Å². The lowest BCUT2D eigenvalue weighted by Crippen LogP contribution is -2.34. The highest BCUT2D eigenvalue weighted by molar-refractivity contribution is 5.75. The predicted octanol–water partition coefficient (Wildman–Crippen LogP) is -0.772. The van der Waals surface area contributed by atoms with Crippen molar-refractivity contribution in [3.63, 3.8) is 0 Å². The monoisotopic (exact) mass is 204 g/mol. The maximum absolute atomic E-state index is 10.7. The molecule has 0 bridgehead atoms. The van der Waals surface area contributed by atoms with Gasteiger partial charge in [-0.2, -0.15) is 0 Å². The summed E-state index contributed by atoms with van der Waals surface area (Å²) in [7, 11) is 0. The lowest BCUT2D eigenvalue weighted by molar-refractivity contribution is -0.143. The Kier molecular flexibility index (Phi) is 5.82. The molecule has 0 amide bonds. The number of hydrogen-bond acceptors (Lipinski definition) is 4. The first-order valence-corrected chi connectivity index (χ1v) is 4.40. The van der Waals surface area contributed by atoms with Crippen molar-refractivity contribution in [1.82, 2.24) is 0 Å². The van der Waals surface area contributed by atoms with Crippen molar-refractivity contribution in [3.05, 3.63) is 0 Å². The summed E-state index contributed by atoms with van der Waals surface area (Å²) in [6.07, 6.45) is 0.876. The van der Waals surface area contributed by atoms with Crippen molar-refractivity contribution in [1.29, 1.82) is 0 Å². The Morgan fingerprint density at radius 2 is 1.79 bits per heavy atom. The van der Waals surface area contributed by atoms with E-state index < -0.39 is 23.9 Å². The van der Waals surface area contributed by atoms with Crippen molar-refractivity contribution in [2.45, 2.75) is 25.3 Å². The quantitative estimate of drug-likeness (QED) is 0.431. The molecule has 0 saturated carbocycles. The number of hydrogen-bond donors (Lipinski definition) is 4. The molecule has 6 N–H and O–H groups in total. The molecule has 0 saturated heterocycles. The van der Waals surface area contributed by atoms with Gasteiger partial charge >= 0.3 is 11.9 Å². The van der Waals surface area contributed by atoms with E-state index in [0.717, 1.165) is 0 Å². The number of aliphatic carboxylic acids is 2. The number of carbonyl (C=O) groups is 2. The van der Waals surface area contributed by atoms with E-state index in [1.807, 2.05) is 0 Å². The van der Waals surface area contributed by atoms with Crippen LogP contribution in [0.25, 0.3) is 0 Å². The summed E-state index contributed by atoms with van der Waals surface area (Å²) in [6.45, 7) is 0.395. The van der Waals surface area contributed by atoms with Crippen molar-refractivity contribution < 1.29 is 19.8 Å². The van der Waals surface area contributed by atoms with Gasteiger partial charge in [-0.25, -0.2) is 0 Å². The second-order valence-corrected chi connectivity index (χ2v) is 3.15. The van der Waals surface area contributed by atoms with Crippen molar-refractivity contribution >= 4 is 11.9 Å². The highest BCUT2D eigenvalue weighted by Gasteiger charge is 2.23. The Bertz CT molecular complexity index is 208. The van der Waals surface area contributed by atoms with Crippen molar-refractivity contribution in [2.24, 2.45) is 17.4 Å². The molecule has 0 aromatic carbocycles. The zero-order valence-corrected chi connectivity index (χ0v) is 7.85. The van der Waals surface area contributed by atoms with Crippen LogP contribution in [0.15, 0.2) is 0 Å². The molecule has 1 unspecified atom stereocenters. The number of nitrogens with two attached hydrogens (primary N) is 2. The van der Waals surface area contributed by atoms with E-state index in [-0.39, 0.29) is 6.42 Å². The van der Waals surface area contributed by atoms with Gasteiger partial charge < -0.3 is 21.7 Å². The molecule has 0 aromatic rings. The fourth-order valence-corrected chi connectivity index (χ4v) is 1.11. The third-order valence-electron chi connectivity index (χ3n) is 1.96. The van der Waals surface area contributed by atoms with E-state index in [9.17, 15) is 9.59 Å². The van der Waals surface area contributed by atoms with Gasteiger partial charge in [-0.15, -0.1) is 0 Å². The van der Waals surface area contributed by atoms with Crippen LogP contribution in [0.5, 0.6) is 0 Å². The predicted molar refractivity (Wildman–Crippen MR) is 49.6 cm³/mol. The molecule has 0 heterocycles. The second-order valence-electron chi connectivity index (χ2n) is 3.15. The molecule has 0 aliphatic carbocycles. The summed E-state index contributed by atoms with van der Waals surface area (Å²) in [4.78, 5) is 21.1. The first-order chi connectivity index (χ1) is 6.49. The van der Waals surface area contributed by atoms with Gasteiger partial charge in [-0.1, -0.05) is 0 Å². The largest absolute Gasteiger partial charge is 0.481 e. The van der Waals surface area contributed by atoms with E-state index >= 15 is 0 Å². The van der Waals surface area contributed by atoms with Crippen molar-refractivity contribution in [2.75, 3.05) is 6.54 Å². The molecular weight excluding hydrogens is 188 g/mol. The molecule has 6 heteroatoms. The molecule has 0 fully saturated rings. The standard InChI is InChI=1S/C8H16N2O4/c9-3-1-2-5(7(11)12)4-6(10)8(13)14/h5-6H,1-4,9-10H2,(H,11,12)(H,13,14)/t5?,6-/m1/s1. The topological polar surface area (TPSA) is 127 Å². The summed E-state index contributed by atoms with van der Waals surface area (Å²) in [5, 5.41) is 17.2. The van der Waals surface area contributed by atoms with E-state index in [1.165, 1.54) is 0 Å². The zero-order valence-electron chi connectivity index (χ0n) is 7.85. The van der Waals surface area contributed by atoms with Crippen LogP contribution in [0.3, 0.4) is 0 Å². The Morgan fingerprint density at radius 1 is 1.21 bits per heavy atom. The fourth-order valence-electron chi connectivity index (χ4n) is 1.11. The minimum atomic E-state index is -1.18. The SMILES string of the molecule is NCCCC(C[C@@H](N)C(=O)O)C(=O)O. The first kappa shape index (κ1) is 12.9. The lowest BCUT2D eigenvalue weighted by Gasteiger charge is -2.13. The number of carboxylic acids is 2. The molecule has 82 valence electrons. The van der Waals surface area contributed by atoms with Crippen LogP contribution in [0, 0.1) is 5.92 Å². The first-order valence-electron chi connectivity index (χ1n) is 4.40. The molecule has 0 rings (SSSR count). The van der Waals surface area contributed by atoms with Gasteiger partial charge in [0.2, 0.25) is 0 Å². The summed E-state index contributed by atoms with van der Waals surface area (Å²) in [5.74, 6) is -2.91. The Morgan fingerprint density at radius 3 is 2.14 bits per heavy atom. The zero-order chi connectivity index (χ0) is 11.1. The van der Waals surface area contributed by atoms with Crippen LogP contribution in [-0.4, -0.2) is 34.7 Å². The lowest BCUT2D eigenvalue weighted by atomic mass is 9.95. The Labute approximate surface area is 81.9 Å². The third kappa shape index (κ3) is 4.78. The summed E-state index contributed by atoms with van der Waals surface area (Å²) in [6, 6.07) is -1.12. The minimum absolute atomic E-state index is 0.0509. The van der Waals surface area contributed by atoms with Crippen LogP contribution in [0.4, 0.5) is 0 Å². The summed E-state index contributed by atoms with van der Waals surface area (Å²) < 4.78 is 0. The molecule has 0 spiro atoms. The van der Waals surface area contributed by atoms with Gasteiger partial charge in [-0.3, -0.25) is 9.59 Å². The normalized spacial score (nSPS) is 14.7. The Hall–Kier alpha value is -1.14. The van der Waals surface area contributed by atoms with Gasteiger partial charge in [-0.05, 0) is 25.8 Å². The van der Waals surface area contributed by atoms with Gasteiger partial charge in [0.1, 0.15) is 6.04 Å². The van der Waals surface area contributed by atoms with Crippen LogP contribution < -0.4 is 11.5 Å². The minimum Gasteiger partial charge on any atom is -0.481 e. The molecular formula is C8H16N2O4. The van der Waals surface area contributed by atoms with Crippen LogP contribution >= 0.6 is 0 Å². The smallest absolute Gasteiger partial charge is 0.320 e. The molecule has 14 heavy (non-hydrogen) atoms. The highest BCUT2D eigenvalue weighted by Crippen LogP contribution is 2.13. The molecule has 0 aromatic heterocycles. The molecule has 2 atom stereocenters. The molecule has 0 aliphatic heterocycles. The summed E-state index contributed by atoms with van der Waals surface area (Å²) in [5.41, 5.74) is 10.5. The fraction of sp³-hybridized carbons (Fsp3) is 0.750. The van der Waals surface area contributed by atoms with Gasteiger partial charge in [0.15, 0.2) is 0 Å². The van der Waals surface area contributed by atoms with Crippen LogP contribution in [0.1, 0.15) is 19.3 Å². The van der Waals surface area contributed by atoms with E-state index in [2.05, 4.69) is 0 Å². The molecule has 6 nitrogen and oxygen atoms in total. The third-order valence-corrected chi connectivity index (χ3v) is 1.96. The van der Waals surface area contributed by atoms with Crippen molar-refractivity contribution in [3.8, 4) is 0 Å². The van der Waals surface area contributed by atoms with Crippen LogP contribution in [-0.2, 0) is 9.59 Å². The summed E-state index contributed by atoms with van der Waals surface area (Å²) >= 11 is 0. The molecule has 0 aliphatic rings. The maximum atomic E-state index is 10.7. The Balaban J connectivity index is 4.08. The van der Waals surface area contributed by atoms with E-state index in [4.69, 9.17) is 21.7 Å². The average molecular weight is 204 g/mol.